The third kappa shape index (κ3) is 3.04. The summed E-state index contributed by atoms with van der Waals surface area (Å²) in [5, 5.41) is 28.5. The summed E-state index contributed by atoms with van der Waals surface area (Å²) in [4.78, 5) is 0. The maximum atomic E-state index is 9.24. The molecule has 0 aliphatic rings. The van der Waals surface area contributed by atoms with Crippen molar-refractivity contribution in [3.05, 3.63) is 29.7 Å². The van der Waals surface area contributed by atoms with Crippen molar-refractivity contribution in [2.24, 2.45) is 0 Å². The number of aliphatic hydroxyl groups excluding tert-OH is 2. The number of aromatic amines is 1. The molecule has 104 valence electrons. The van der Waals surface area contributed by atoms with Crippen LogP contribution >= 0.6 is 0 Å². The number of furan rings is 1. The fraction of sp³-hybridized carbons (Fsp3) is 0.462. The zero-order valence-electron chi connectivity index (χ0n) is 11.1. The van der Waals surface area contributed by atoms with Crippen LogP contribution in [-0.4, -0.2) is 39.2 Å². The minimum Gasteiger partial charge on any atom is -0.460 e. The molecule has 2 aromatic rings. The molecule has 6 nitrogen and oxygen atoms in total. The van der Waals surface area contributed by atoms with Crippen LogP contribution in [0.4, 0.5) is 0 Å². The van der Waals surface area contributed by atoms with Gasteiger partial charge in [0.2, 0.25) is 0 Å². The molecular formula is C13H19N3O3. The molecule has 6 heteroatoms. The van der Waals surface area contributed by atoms with E-state index in [1.165, 1.54) is 0 Å². The van der Waals surface area contributed by atoms with Crippen LogP contribution in [0.3, 0.4) is 0 Å². The van der Waals surface area contributed by atoms with Gasteiger partial charge in [-0.15, -0.1) is 0 Å². The fourth-order valence-corrected chi connectivity index (χ4v) is 1.70. The van der Waals surface area contributed by atoms with Crippen molar-refractivity contribution in [2.45, 2.75) is 25.9 Å². The van der Waals surface area contributed by atoms with E-state index in [2.05, 4.69) is 15.5 Å². The van der Waals surface area contributed by atoms with Crippen molar-refractivity contribution in [3.63, 3.8) is 0 Å². The number of H-pyrrole nitrogens is 1. The highest BCUT2D eigenvalue weighted by Gasteiger charge is 2.22. The minimum absolute atomic E-state index is 0.142. The second-order valence-electron chi connectivity index (χ2n) is 4.91. The molecule has 0 aliphatic carbocycles. The Balaban J connectivity index is 2.12. The zero-order valence-corrected chi connectivity index (χ0v) is 11.1. The van der Waals surface area contributed by atoms with Crippen molar-refractivity contribution < 1.29 is 14.6 Å². The Kier molecular flexibility index (Phi) is 4.04. The first kappa shape index (κ1) is 13.8. The number of nitrogens with one attached hydrogen (secondary N) is 2. The van der Waals surface area contributed by atoms with E-state index in [0.29, 0.717) is 6.54 Å². The number of aromatic nitrogens is 2. The SMILES string of the molecule is Cc1ccc(-c2[nH]ncc2CNC(C)(CO)CO)o1. The van der Waals surface area contributed by atoms with Gasteiger partial charge in [-0.25, -0.2) is 0 Å². The van der Waals surface area contributed by atoms with Gasteiger partial charge in [-0.3, -0.25) is 5.10 Å². The molecule has 0 saturated heterocycles. The van der Waals surface area contributed by atoms with E-state index < -0.39 is 5.54 Å². The van der Waals surface area contributed by atoms with E-state index in [-0.39, 0.29) is 13.2 Å². The summed E-state index contributed by atoms with van der Waals surface area (Å²) in [7, 11) is 0. The van der Waals surface area contributed by atoms with E-state index in [0.717, 1.165) is 22.8 Å². The van der Waals surface area contributed by atoms with E-state index >= 15 is 0 Å². The summed E-state index contributed by atoms with van der Waals surface area (Å²) < 4.78 is 5.56. The molecule has 2 aromatic heterocycles. The molecule has 0 saturated carbocycles. The number of nitrogens with zero attached hydrogens (tertiary/aromatic N) is 1. The van der Waals surface area contributed by atoms with Crippen LogP contribution in [0.2, 0.25) is 0 Å². The quantitative estimate of drug-likeness (QED) is 0.620. The summed E-state index contributed by atoms with van der Waals surface area (Å²) >= 11 is 0. The van der Waals surface area contributed by atoms with Crippen molar-refractivity contribution in [3.8, 4) is 11.5 Å². The Morgan fingerprint density at radius 2 is 2.11 bits per heavy atom. The van der Waals surface area contributed by atoms with Crippen LogP contribution in [-0.2, 0) is 6.54 Å². The monoisotopic (exact) mass is 265 g/mol. The predicted molar refractivity (Wildman–Crippen MR) is 70.4 cm³/mol. The van der Waals surface area contributed by atoms with E-state index in [4.69, 9.17) is 4.42 Å². The Labute approximate surface area is 111 Å². The van der Waals surface area contributed by atoms with Crippen molar-refractivity contribution in [1.29, 1.82) is 0 Å². The van der Waals surface area contributed by atoms with Gasteiger partial charge in [-0.1, -0.05) is 0 Å². The topological polar surface area (TPSA) is 94.3 Å². The molecular weight excluding hydrogens is 246 g/mol. The molecule has 0 unspecified atom stereocenters. The number of aliphatic hydroxyl groups is 2. The van der Waals surface area contributed by atoms with Crippen LogP contribution in [0.25, 0.3) is 11.5 Å². The van der Waals surface area contributed by atoms with Crippen LogP contribution in [0.1, 0.15) is 18.2 Å². The third-order valence-electron chi connectivity index (χ3n) is 3.11. The van der Waals surface area contributed by atoms with Gasteiger partial charge in [-0.05, 0) is 26.0 Å². The fourth-order valence-electron chi connectivity index (χ4n) is 1.70. The number of hydrogen-bond acceptors (Lipinski definition) is 5. The number of hydrogen-bond donors (Lipinski definition) is 4. The molecule has 2 heterocycles. The van der Waals surface area contributed by atoms with Gasteiger partial charge in [0.15, 0.2) is 5.76 Å². The molecule has 0 aromatic carbocycles. The summed E-state index contributed by atoms with van der Waals surface area (Å²) in [5.74, 6) is 1.56. The van der Waals surface area contributed by atoms with Gasteiger partial charge in [0.1, 0.15) is 11.5 Å². The first-order valence-corrected chi connectivity index (χ1v) is 6.14. The van der Waals surface area contributed by atoms with E-state index in [1.807, 2.05) is 19.1 Å². The summed E-state index contributed by atoms with van der Waals surface area (Å²) in [5.41, 5.74) is 1.01. The molecule has 0 spiro atoms. The van der Waals surface area contributed by atoms with Crippen LogP contribution < -0.4 is 5.32 Å². The lowest BCUT2D eigenvalue weighted by molar-refractivity contribution is 0.103. The van der Waals surface area contributed by atoms with Gasteiger partial charge in [0.25, 0.3) is 0 Å². The summed E-state index contributed by atoms with van der Waals surface area (Å²) in [6, 6.07) is 3.77. The Bertz CT molecular complexity index is 529. The van der Waals surface area contributed by atoms with Crippen LogP contribution in [0, 0.1) is 6.92 Å². The second-order valence-corrected chi connectivity index (χ2v) is 4.91. The van der Waals surface area contributed by atoms with Crippen molar-refractivity contribution >= 4 is 0 Å². The predicted octanol–water partition coefficient (Wildman–Crippen LogP) is 0.811. The van der Waals surface area contributed by atoms with Gasteiger partial charge in [-0.2, -0.15) is 5.10 Å². The molecule has 0 radical (unpaired) electrons. The Morgan fingerprint density at radius 1 is 1.37 bits per heavy atom. The first-order valence-electron chi connectivity index (χ1n) is 6.14. The minimum atomic E-state index is -0.715. The molecule has 2 rings (SSSR count). The highest BCUT2D eigenvalue weighted by atomic mass is 16.3. The van der Waals surface area contributed by atoms with Crippen LogP contribution in [0.15, 0.2) is 22.7 Å². The number of aryl methyl sites for hydroxylation is 1. The third-order valence-corrected chi connectivity index (χ3v) is 3.11. The highest BCUT2D eigenvalue weighted by molar-refractivity contribution is 5.56. The molecule has 0 fully saturated rings. The molecule has 4 N–H and O–H groups in total. The molecule has 0 amide bonds. The maximum Gasteiger partial charge on any atom is 0.152 e. The second kappa shape index (κ2) is 5.56. The lowest BCUT2D eigenvalue weighted by Crippen LogP contribution is -2.48. The maximum absolute atomic E-state index is 9.24. The first-order chi connectivity index (χ1) is 9.08. The van der Waals surface area contributed by atoms with Gasteiger partial charge in [0, 0.05) is 12.1 Å². The largest absolute Gasteiger partial charge is 0.460 e. The summed E-state index contributed by atoms with van der Waals surface area (Å²) in [6.07, 6.45) is 1.70. The normalized spacial score (nSPS) is 12.0. The molecule has 19 heavy (non-hydrogen) atoms. The standard InChI is InChI=1S/C13H19N3O3/c1-9-3-4-11(19-9)12-10(6-15-16-12)5-14-13(2,7-17)8-18/h3-4,6,14,17-18H,5,7-8H2,1-2H3,(H,15,16). The van der Waals surface area contributed by atoms with Crippen molar-refractivity contribution in [1.82, 2.24) is 15.5 Å². The molecule has 0 aliphatic heterocycles. The highest BCUT2D eigenvalue weighted by Crippen LogP contribution is 2.23. The summed E-state index contributed by atoms with van der Waals surface area (Å²) in [6.45, 7) is 3.83. The Hall–Kier alpha value is -1.63. The smallest absolute Gasteiger partial charge is 0.152 e. The van der Waals surface area contributed by atoms with Crippen molar-refractivity contribution in [2.75, 3.05) is 13.2 Å². The lowest BCUT2D eigenvalue weighted by atomic mass is 10.0. The number of rotatable bonds is 6. The zero-order chi connectivity index (χ0) is 13.9. The van der Waals surface area contributed by atoms with Gasteiger partial charge < -0.3 is 19.9 Å². The van der Waals surface area contributed by atoms with Gasteiger partial charge in [0.05, 0.1) is 24.9 Å². The molecule has 0 bridgehead atoms. The van der Waals surface area contributed by atoms with E-state index in [1.54, 1.807) is 13.1 Å². The van der Waals surface area contributed by atoms with E-state index in [9.17, 15) is 10.2 Å². The lowest BCUT2D eigenvalue weighted by Gasteiger charge is -2.26. The average Bonchev–Trinajstić information content (AvgIpc) is 3.04. The Morgan fingerprint density at radius 3 is 2.68 bits per heavy atom. The van der Waals surface area contributed by atoms with Gasteiger partial charge >= 0.3 is 0 Å². The average molecular weight is 265 g/mol. The molecule has 0 atom stereocenters. The van der Waals surface area contributed by atoms with Crippen LogP contribution in [0.5, 0.6) is 0 Å².